The molecule has 1 aromatic carbocycles. The second kappa shape index (κ2) is 9.21. The molecule has 9 heteroatoms. The number of halogens is 2. The molecule has 2 aliphatic carbocycles. The fourth-order valence-electron chi connectivity index (χ4n) is 5.81. The highest BCUT2D eigenvalue weighted by Gasteiger charge is 2.62. The summed E-state index contributed by atoms with van der Waals surface area (Å²) in [5, 5.41) is 6.36. The van der Waals surface area contributed by atoms with E-state index in [0.29, 0.717) is 37.5 Å². The van der Waals surface area contributed by atoms with Gasteiger partial charge in [0.05, 0.1) is 13.0 Å². The van der Waals surface area contributed by atoms with Crippen LogP contribution in [0.25, 0.3) is 0 Å². The van der Waals surface area contributed by atoms with E-state index in [0.717, 1.165) is 30.0 Å². The maximum atomic E-state index is 15.0. The van der Waals surface area contributed by atoms with E-state index >= 15 is 0 Å². The minimum absolute atomic E-state index is 0.215. The van der Waals surface area contributed by atoms with E-state index in [1.54, 1.807) is 23.8 Å². The van der Waals surface area contributed by atoms with Crippen LogP contribution >= 0.6 is 11.8 Å². The van der Waals surface area contributed by atoms with Crippen LogP contribution in [0.2, 0.25) is 0 Å². The van der Waals surface area contributed by atoms with E-state index in [-0.39, 0.29) is 18.7 Å². The van der Waals surface area contributed by atoms with Crippen LogP contribution in [0.4, 0.5) is 14.5 Å². The van der Waals surface area contributed by atoms with Gasteiger partial charge >= 0.3 is 0 Å². The van der Waals surface area contributed by atoms with Crippen molar-refractivity contribution in [3.8, 4) is 5.75 Å². The first-order valence-corrected chi connectivity index (χ1v) is 13.5. The Morgan fingerprint density at radius 2 is 1.94 bits per heavy atom. The molecule has 2 saturated carbocycles. The largest absolute Gasteiger partial charge is 0.497 e. The van der Waals surface area contributed by atoms with E-state index in [2.05, 4.69) is 10.6 Å². The molecule has 0 radical (unpaired) electrons. The number of alkyl halides is 2. The molecule has 2 amide bonds. The van der Waals surface area contributed by atoms with Crippen LogP contribution in [-0.4, -0.2) is 65.4 Å². The fraction of sp³-hybridized carbons (Fsp3) is 0.680. The quantitative estimate of drug-likeness (QED) is 0.603. The Labute approximate surface area is 203 Å². The van der Waals surface area contributed by atoms with Gasteiger partial charge in [-0.3, -0.25) is 9.59 Å². The van der Waals surface area contributed by atoms with Gasteiger partial charge in [-0.05, 0) is 68.1 Å². The molecule has 2 bridgehead atoms. The average molecular weight is 494 g/mol. The number of benzene rings is 1. The van der Waals surface area contributed by atoms with E-state index in [1.165, 1.54) is 0 Å². The predicted octanol–water partition coefficient (Wildman–Crippen LogP) is 3.91. The van der Waals surface area contributed by atoms with Crippen molar-refractivity contribution >= 4 is 29.3 Å². The Morgan fingerprint density at radius 3 is 2.62 bits per heavy atom. The van der Waals surface area contributed by atoms with Crippen LogP contribution in [0.5, 0.6) is 5.75 Å². The number of thioether (sulfide) groups is 1. The Bertz CT molecular complexity index is 936. The van der Waals surface area contributed by atoms with Gasteiger partial charge in [-0.2, -0.15) is 11.8 Å². The van der Waals surface area contributed by atoms with Gasteiger partial charge in [-0.25, -0.2) is 8.78 Å². The van der Waals surface area contributed by atoms with Crippen molar-refractivity contribution in [1.82, 2.24) is 10.2 Å². The number of amides is 2. The third-order valence-corrected chi connectivity index (χ3v) is 8.90. The molecule has 186 valence electrons. The molecule has 34 heavy (non-hydrogen) atoms. The topological polar surface area (TPSA) is 70.7 Å². The first-order chi connectivity index (χ1) is 16.3. The number of methoxy groups -OCH3 is 1. The zero-order valence-corrected chi connectivity index (χ0v) is 20.3. The number of anilines is 1. The number of fused-ring (bicyclic) bond motifs is 3. The zero-order valence-electron chi connectivity index (χ0n) is 19.5. The van der Waals surface area contributed by atoms with Crippen molar-refractivity contribution in [2.75, 3.05) is 30.5 Å². The minimum Gasteiger partial charge on any atom is -0.497 e. The molecule has 1 aromatic rings. The lowest BCUT2D eigenvalue weighted by Crippen LogP contribution is -2.72. The normalized spacial score (nSPS) is 29.4. The van der Waals surface area contributed by atoms with Gasteiger partial charge < -0.3 is 20.3 Å². The van der Waals surface area contributed by atoms with E-state index in [4.69, 9.17) is 4.74 Å². The molecular formula is C25H33F2N3O3S. The Kier molecular flexibility index (Phi) is 6.42. The number of nitrogens with one attached hydrogen (secondary N) is 2. The van der Waals surface area contributed by atoms with E-state index in [9.17, 15) is 18.4 Å². The summed E-state index contributed by atoms with van der Waals surface area (Å²) >= 11 is 1.79. The molecule has 2 unspecified atom stereocenters. The number of carbonyl (C=O) groups excluding carboxylic acids is 2. The van der Waals surface area contributed by atoms with Gasteiger partial charge in [0, 0.05) is 30.8 Å². The summed E-state index contributed by atoms with van der Waals surface area (Å²) in [5.74, 6) is -2.01. The molecule has 6 nitrogen and oxygen atoms in total. The standard InChI is InChI=1S/C25H33F2N3O3S/c1-33-19-4-2-3-17(13-19)29-24(9-11-34-12-10-24)23(32)30-18-7-8-20(25(26,27)14-18)21(30)22(31)28-15-16-5-6-16/h2-4,13,16,18,20-21,29H,5-12,14-15H2,1H3,(H,28,31)/t18?,20?,21-/m0/s1. The van der Waals surface area contributed by atoms with Gasteiger partial charge in [0.15, 0.2) is 0 Å². The van der Waals surface area contributed by atoms with Crippen LogP contribution in [-0.2, 0) is 9.59 Å². The SMILES string of the molecule is COc1cccc(NC2(C(=O)N3C4CCC([C@H]3C(=O)NCC3CC3)C(F)(F)C4)CCSCC2)c1. The van der Waals surface area contributed by atoms with Gasteiger partial charge in [0.1, 0.15) is 17.3 Å². The van der Waals surface area contributed by atoms with Crippen LogP contribution < -0.4 is 15.4 Å². The number of hydrogen-bond acceptors (Lipinski definition) is 5. The fourth-order valence-corrected chi connectivity index (χ4v) is 7.00. The summed E-state index contributed by atoms with van der Waals surface area (Å²) in [7, 11) is 1.59. The first kappa shape index (κ1) is 23.7. The van der Waals surface area contributed by atoms with Crippen molar-refractivity contribution in [3.05, 3.63) is 24.3 Å². The minimum atomic E-state index is -2.93. The highest BCUT2D eigenvalue weighted by Crippen LogP contribution is 2.50. The van der Waals surface area contributed by atoms with Gasteiger partial charge in [-0.15, -0.1) is 0 Å². The molecule has 5 aliphatic rings. The second-order valence-corrected chi connectivity index (χ2v) is 11.4. The molecule has 3 aliphatic heterocycles. The van der Waals surface area contributed by atoms with Crippen LogP contribution in [0.3, 0.4) is 0 Å². The zero-order chi connectivity index (χ0) is 23.9. The molecule has 3 atom stereocenters. The number of rotatable bonds is 7. The summed E-state index contributed by atoms with van der Waals surface area (Å²) < 4.78 is 35.3. The summed E-state index contributed by atoms with van der Waals surface area (Å²) in [6.07, 6.45) is 3.70. The number of nitrogens with zero attached hydrogens (tertiary/aromatic N) is 1. The second-order valence-electron chi connectivity index (χ2n) is 10.2. The molecular weight excluding hydrogens is 460 g/mol. The smallest absolute Gasteiger partial charge is 0.255 e. The van der Waals surface area contributed by atoms with E-state index in [1.807, 2.05) is 24.3 Å². The lowest BCUT2D eigenvalue weighted by atomic mass is 9.70. The maximum absolute atomic E-state index is 15.0. The van der Waals surface area contributed by atoms with Gasteiger partial charge in [0.25, 0.3) is 5.92 Å². The van der Waals surface area contributed by atoms with Gasteiger partial charge in [0.2, 0.25) is 11.8 Å². The number of piperidine rings is 2. The van der Waals surface area contributed by atoms with Crippen LogP contribution in [0, 0.1) is 11.8 Å². The summed E-state index contributed by atoms with van der Waals surface area (Å²) in [6, 6.07) is 5.68. The number of ether oxygens (including phenoxy) is 1. The molecule has 0 spiro atoms. The Balaban J connectivity index is 1.46. The number of carbonyl (C=O) groups is 2. The van der Waals surface area contributed by atoms with Crippen LogP contribution in [0.1, 0.15) is 44.9 Å². The molecule has 6 rings (SSSR count). The third kappa shape index (κ3) is 4.48. The van der Waals surface area contributed by atoms with Crippen molar-refractivity contribution in [2.45, 2.75) is 68.5 Å². The molecule has 3 saturated heterocycles. The Hall–Kier alpha value is -2.03. The highest BCUT2D eigenvalue weighted by molar-refractivity contribution is 7.99. The van der Waals surface area contributed by atoms with E-state index < -0.39 is 35.4 Å². The van der Waals surface area contributed by atoms with Crippen molar-refractivity contribution in [2.24, 2.45) is 11.8 Å². The summed E-state index contributed by atoms with van der Waals surface area (Å²) in [6.45, 7) is 0.504. The predicted molar refractivity (Wildman–Crippen MR) is 128 cm³/mol. The van der Waals surface area contributed by atoms with Crippen molar-refractivity contribution in [3.63, 3.8) is 0 Å². The summed E-state index contributed by atoms with van der Waals surface area (Å²) in [5.41, 5.74) is -0.179. The summed E-state index contributed by atoms with van der Waals surface area (Å²) in [4.78, 5) is 29.1. The van der Waals surface area contributed by atoms with Gasteiger partial charge in [-0.1, -0.05) is 6.07 Å². The van der Waals surface area contributed by atoms with Crippen molar-refractivity contribution in [1.29, 1.82) is 0 Å². The lowest BCUT2D eigenvalue weighted by Gasteiger charge is -2.56. The Morgan fingerprint density at radius 1 is 1.18 bits per heavy atom. The van der Waals surface area contributed by atoms with Crippen molar-refractivity contribution < 1.29 is 23.1 Å². The third-order valence-electron chi connectivity index (χ3n) is 7.91. The highest BCUT2D eigenvalue weighted by atomic mass is 32.2. The molecule has 3 heterocycles. The molecule has 2 N–H and O–H groups in total. The monoisotopic (exact) mass is 493 g/mol. The molecule has 5 fully saturated rings. The molecule has 0 aromatic heterocycles. The lowest BCUT2D eigenvalue weighted by molar-refractivity contribution is -0.196. The number of hydrogen-bond donors (Lipinski definition) is 2. The average Bonchev–Trinajstić information content (AvgIpc) is 3.66. The maximum Gasteiger partial charge on any atom is 0.255 e. The first-order valence-electron chi connectivity index (χ1n) is 12.3. The van der Waals surface area contributed by atoms with Crippen LogP contribution in [0.15, 0.2) is 24.3 Å².